The molecule has 1 saturated heterocycles. The van der Waals surface area contributed by atoms with Gasteiger partial charge in [0.25, 0.3) is 0 Å². The third-order valence-electron chi connectivity index (χ3n) is 3.72. The minimum absolute atomic E-state index is 0.0121. The quantitative estimate of drug-likeness (QED) is 0.866. The highest BCUT2D eigenvalue weighted by Gasteiger charge is 2.38. The number of nitrogens with zero attached hydrogens (tertiary/aromatic N) is 1. The SMILES string of the molecule is CC[C@@H](C)NC(=O)[C@H]1CCN(c2ccc(F)cc2F)C1=O. The molecule has 0 saturated carbocycles. The molecule has 6 heteroatoms. The van der Waals surface area contributed by atoms with Crippen LogP contribution in [-0.2, 0) is 9.59 Å². The van der Waals surface area contributed by atoms with Gasteiger partial charge in [-0.1, -0.05) is 6.92 Å². The topological polar surface area (TPSA) is 49.4 Å². The van der Waals surface area contributed by atoms with Crippen molar-refractivity contribution >= 4 is 17.5 Å². The average Bonchev–Trinajstić information content (AvgIpc) is 2.80. The number of carbonyl (C=O) groups excluding carboxylic acids is 2. The van der Waals surface area contributed by atoms with Gasteiger partial charge in [-0.2, -0.15) is 0 Å². The van der Waals surface area contributed by atoms with E-state index >= 15 is 0 Å². The molecule has 1 aliphatic rings. The first-order valence-corrected chi connectivity index (χ1v) is 7.00. The number of nitrogens with one attached hydrogen (secondary N) is 1. The van der Waals surface area contributed by atoms with E-state index in [1.165, 1.54) is 11.0 Å². The molecular weight excluding hydrogens is 278 g/mol. The Balaban J connectivity index is 2.13. The van der Waals surface area contributed by atoms with Crippen molar-refractivity contribution in [2.45, 2.75) is 32.7 Å². The van der Waals surface area contributed by atoms with Crippen LogP contribution < -0.4 is 10.2 Å². The van der Waals surface area contributed by atoms with Gasteiger partial charge in [0.05, 0.1) is 5.69 Å². The van der Waals surface area contributed by atoms with E-state index in [4.69, 9.17) is 0 Å². The highest BCUT2D eigenvalue weighted by Crippen LogP contribution is 2.28. The Bertz CT molecular complexity index is 563. The maximum absolute atomic E-state index is 13.7. The van der Waals surface area contributed by atoms with Gasteiger partial charge in [-0.3, -0.25) is 9.59 Å². The minimum Gasteiger partial charge on any atom is -0.353 e. The van der Waals surface area contributed by atoms with E-state index in [9.17, 15) is 18.4 Å². The Morgan fingerprint density at radius 2 is 2.19 bits per heavy atom. The van der Waals surface area contributed by atoms with Gasteiger partial charge < -0.3 is 10.2 Å². The summed E-state index contributed by atoms with van der Waals surface area (Å²) in [5, 5.41) is 2.76. The van der Waals surface area contributed by atoms with Crippen LogP contribution in [0.2, 0.25) is 0 Å². The highest BCUT2D eigenvalue weighted by atomic mass is 19.1. The van der Waals surface area contributed by atoms with E-state index in [1.807, 2.05) is 13.8 Å². The molecule has 21 heavy (non-hydrogen) atoms. The first-order valence-electron chi connectivity index (χ1n) is 7.00. The molecule has 1 aliphatic heterocycles. The first-order chi connectivity index (χ1) is 9.93. The molecule has 1 aromatic rings. The van der Waals surface area contributed by atoms with Crippen molar-refractivity contribution < 1.29 is 18.4 Å². The number of rotatable bonds is 4. The Labute approximate surface area is 122 Å². The lowest BCUT2D eigenvalue weighted by molar-refractivity contribution is -0.132. The van der Waals surface area contributed by atoms with Crippen molar-refractivity contribution in [2.75, 3.05) is 11.4 Å². The average molecular weight is 296 g/mol. The molecule has 1 N–H and O–H groups in total. The summed E-state index contributed by atoms with van der Waals surface area (Å²) in [5.41, 5.74) is 0.0141. The molecule has 1 fully saturated rings. The van der Waals surface area contributed by atoms with Crippen molar-refractivity contribution in [1.29, 1.82) is 0 Å². The van der Waals surface area contributed by atoms with Gasteiger partial charge >= 0.3 is 0 Å². The van der Waals surface area contributed by atoms with E-state index in [0.717, 1.165) is 18.6 Å². The highest BCUT2D eigenvalue weighted by molar-refractivity contribution is 6.09. The van der Waals surface area contributed by atoms with Crippen LogP contribution in [0.25, 0.3) is 0 Å². The minimum atomic E-state index is -0.802. The van der Waals surface area contributed by atoms with Crippen molar-refractivity contribution in [2.24, 2.45) is 5.92 Å². The second kappa shape index (κ2) is 6.20. The van der Waals surface area contributed by atoms with Crippen LogP contribution in [0.4, 0.5) is 14.5 Å². The smallest absolute Gasteiger partial charge is 0.239 e. The molecule has 1 heterocycles. The summed E-state index contributed by atoms with van der Waals surface area (Å²) in [6, 6.07) is 3.03. The van der Waals surface area contributed by atoms with Crippen molar-refractivity contribution in [3.63, 3.8) is 0 Å². The van der Waals surface area contributed by atoms with Crippen molar-refractivity contribution in [3.05, 3.63) is 29.8 Å². The fourth-order valence-corrected chi connectivity index (χ4v) is 2.31. The fourth-order valence-electron chi connectivity index (χ4n) is 2.31. The number of amides is 2. The number of hydrogen-bond acceptors (Lipinski definition) is 2. The van der Waals surface area contributed by atoms with Crippen LogP contribution in [0.15, 0.2) is 18.2 Å². The normalized spacial score (nSPS) is 19.7. The van der Waals surface area contributed by atoms with Crippen LogP contribution in [0, 0.1) is 17.6 Å². The maximum atomic E-state index is 13.7. The standard InChI is InChI=1S/C15H18F2N2O2/c1-3-9(2)18-14(20)11-6-7-19(15(11)21)13-5-4-10(16)8-12(13)17/h4-5,8-9,11H,3,6-7H2,1-2H3,(H,18,20)/t9-,11-/m1/s1. The lowest BCUT2D eigenvalue weighted by Crippen LogP contribution is -2.40. The largest absolute Gasteiger partial charge is 0.353 e. The molecule has 0 unspecified atom stereocenters. The summed E-state index contributed by atoms with van der Waals surface area (Å²) < 4.78 is 26.6. The Hall–Kier alpha value is -1.98. The summed E-state index contributed by atoms with van der Waals surface area (Å²) in [6.45, 7) is 4.04. The molecule has 0 aliphatic carbocycles. The third-order valence-corrected chi connectivity index (χ3v) is 3.72. The van der Waals surface area contributed by atoms with E-state index in [2.05, 4.69) is 5.32 Å². The molecule has 2 atom stereocenters. The molecule has 4 nitrogen and oxygen atoms in total. The second-order valence-electron chi connectivity index (χ2n) is 5.24. The Morgan fingerprint density at radius 3 is 2.81 bits per heavy atom. The van der Waals surface area contributed by atoms with Gasteiger partial charge in [0, 0.05) is 18.7 Å². The lowest BCUT2D eigenvalue weighted by atomic mass is 10.1. The van der Waals surface area contributed by atoms with Crippen LogP contribution in [0.5, 0.6) is 0 Å². The summed E-state index contributed by atoms with van der Waals surface area (Å²) in [4.78, 5) is 25.5. The predicted molar refractivity (Wildman–Crippen MR) is 74.7 cm³/mol. The van der Waals surface area contributed by atoms with Gasteiger partial charge in [0.15, 0.2) is 0 Å². The van der Waals surface area contributed by atoms with Crippen LogP contribution >= 0.6 is 0 Å². The number of halogens is 2. The molecule has 2 rings (SSSR count). The monoisotopic (exact) mass is 296 g/mol. The maximum Gasteiger partial charge on any atom is 0.239 e. The van der Waals surface area contributed by atoms with Crippen LogP contribution in [-0.4, -0.2) is 24.4 Å². The zero-order valence-corrected chi connectivity index (χ0v) is 12.0. The molecule has 0 spiro atoms. The Kier molecular flexibility index (Phi) is 4.55. The number of hydrogen-bond donors (Lipinski definition) is 1. The third kappa shape index (κ3) is 3.20. The van der Waals surface area contributed by atoms with Gasteiger partial charge in [-0.05, 0) is 31.9 Å². The summed E-state index contributed by atoms with van der Waals surface area (Å²) >= 11 is 0. The van der Waals surface area contributed by atoms with Crippen molar-refractivity contribution in [1.82, 2.24) is 5.32 Å². The molecule has 0 radical (unpaired) electrons. The predicted octanol–water partition coefficient (Wildman–Crippen LogP) is 2.23. The van der Waals surface area contributed by atoms with E-state index < -0.39 is 23.5 Å². The number of anilines is 1. The molecule has 0 aromatic heterocycles. The van der Waals surface area contributed by atoms with E-state index in [0.29, 0.717) is 6.42 Å². The molecule has 2 amide bonds. The Morgan fingerprint density at radius 1 is 1.48 bits per heavy atom. The van der Waals surface area contributed by atoms with Gasteiger partial charge in [0.1, 0.15) is 17.6 Å². The molecule has 0 bridgehead atoms. The molecule has 1 aromatic carbocycles. The fraction of sp³-hybridized carbons (Fsp3) is 0.467. The van der Waals surface area contributed by atoms with Crippen molar-refractivity contribution in [3.8, 4) is 0 Å². The summed E-state index contributed by atoms with van der Waals surface area (Å²) in [6.07, 6.45) is 1.10. The van der Waals surface area contributed by atoms with E-state index in [1.54, 1.807) is 0 Å². The lowest BCUT2D eigenvalue weighted by Gasteiger charge is -2.18. The van der Waals surface area contributed by atoms with Crippen LogP contribution in [0.3, 0.4) is 0 Å². The molecular formula is C15H18F2N2O2. The second-order valence-corrected chi connectivity index (χ2v) is 5.24. The van der Waals surface area contributed by atoms with Crippen LogP contribution in [0.1, 0.15) is 26.7 Å². The number of benzene rings is 1. The first kappa shape index (κ1) is 15.4. The number of carbonyl (C=O) groups is 2. The van der Waals surface area contributed by atoms with E-state index in [-0.39, 0.29) is 24.2 Å². The zero-order valence-electron chi connectivity index (χ0n) is 12.0. The zero-order chi connectivity index (χ0) is 15.6. The summed E-state index contributed by atoms with van der Waals surface area (Å²) in [7, 11) is 0. The molecule has 114 valence electrons. The van der Waals surface area contributed by atoms with Gasteiger partial charge in [0.2, 0.25) is 11.8 Å². The van der Waals surface area contributed by atoms with Gasteiger partial charge in [-0.15, -0.1) is 0 Å². The van der Waals surface area contributed by atoms with Gasteiger partial charge in [-0.25, -0.2) is 8.78 Å². The summed E-state index contributed by atoms with van der Waals surface area (Å²) in [5.74, 6) is -3.08.